The molecule has 0 unspecified atom stereocenters. The molecule has 0 saturated heterocycles. The summed E-state index contributed by atoms with van der Waals surface area (Å²) in [6.45, 7) is 0.606. The molecule has 0 fully saturated rings. The van der Waals surface area contributed by atoms with Gasteiger partial charge in [0.05, 0.1) is 31.1 Å². The Morgan fingerprint density at radius 2 is 2.12 bits per heavy atom. The maximum absolute atomic E-state index is 12.6. The summed E-state index contributed by atoms with van der Waals surface area (Å²) in [5.74, 6) is 0.691. The van der Waals surface area contributed by atoms with Gasteiger partial charge in [-0.3, -0.25) is 9.48 Å². The summed E-state index contributed by atoms with van der Waals surface area (Å²) in [5, 5.41) is 10.1. The first-order valence-electron chi connectivity index (χ1n) is 8.16. The number of methoxy groups -OCH3 is 1. The lowest BCUT2D eigenvalue weighted by molar-refractivity contribution is 0.102. The van der Waals surface area contributed by atoms with Gasteiger partial charge in [-0.05, 0) is 23.8 Å². The average Bonchev–Trinajstić information content (AvgIpc) is 3.28. The lowest BCUT2D eigenvalue weighted by atomic mass is 10.1. The number of carbonyl (C=O) groups excluding carboxylic acids is 1. The van der Waals surface area contributed by atoms with Gasteiger partial charge in [-0.25, -0.2) is 0 Å². The number of nitrogens with zero attached hydrogens (tertiary/aromatic N) is 2. The zero-order chi connectivity index (χ0) is 17.9. The number of thiophene rings is 1. The molecule has 4 rings (SSSR count). The maximum Gasteiger partial charge on any atom is 0.257 e. The molecule has 0 aliphatic carbocycles. The number of amides is 1. The van der Waals surface area contributed by atoms with Crippen LogP contribution in [-0.4, -0.2) is 22.8 Å². The predicted molar refractivity (Wildman–Crippen MR) is 104 cm³/mol. The van der Waals surface area contributed by atoms with Crippen molar-refractivity contribution in [3.8, 4) is 5.75 Å². The van der Waals surface area contributed by atoms with Crippen molar-refractivity contribution in [3.63, 3.8) is 0 Å². The van der Waals surface area contributed by atoms with E-state index in [1.54, 1.807) is 29.3 Å². The van der Waals surface area contributed by atoms with Gasteiger partial charge in [0.1, 0.15) is 5.75 Å². The van der Waals surface area contributed by atoms with Crippen LogP contribution in [0.5, 0.6) is 5.75 Å². The Morgan fingerprint density at radius 1 is 1.23 bits per heavy atom. The zero-order valence-corrected chi connectivity index (χ0v) is 15.0. The lowest BCUT2D eigenvalue weighted by Gasteiger charge is -2.05. The molecule has 26 heavy (non-hydrogen) atoms. The summed E-state index contributed by atoms with van der Waals surface area (Å²) < 4.78 is 8.13. The highest BCUT2D eigenvalue weighted by molar-refractivity contribution is 7.17. The minimum atomic E-state index is -0.122. The summed E-state index contributed by atoms with van der Waals surface area (Å²) in [6.07, 6.45) is 3.48. The molecule has 2 aromatic heterocycles. The van der Waals surface area contributed by atoms with E-state index >= 15 is 0 Å². The van der Waals surface area contributed by atoms with Crippen LogP contribution in [0.2, 0.25) is 0 Å². The molecule has 5 nitrogen and oxygen atoms in total. The van der Waals surface area contributed by atoms with Crippen molar-refractivity contribution in [2.24, 2.45) is 0 Å². The monoisotopic (exact) mass is 363 g/mol. The van der Waals surface area contributed by atoms with Gasteiger partial charge in [0.25, 0.3) is 5.91 Å². The van der Waals surface area contributed by atoms with Crippen LogP contribution in [0.1, 0.15) is 15.9 Å². The quantitative estimate of drug-likeness (QED) is 0.571. The number of hydrogen-bond donors (Lipinski definition) is 1. The molecule has 2 aromatic carbocycles. The van der Waals surface area contributed by atoms with Crippen LogP contribution in [0.15, 0.2) is 66.3 Å². The molecule has 0 radical (unpaired) electrons. The molecule has 0 aliphatic heterocycles. The fourth-order valence-electron chi connectivity index (χ4n) is 2.82. The molecule has 0 atom stereocenters. The number of aromatic nitrogens is 2. The van der Waals surface area contributed by atoms with Crippen molar-refractivity contribution in [2.75, 3.05) is 12.4 Å². The zero-order valence-electron chi connectivity index (χ0n) is 14.2. The van der Waals surface area contributed by atoms with E-state index in [1.807, 2.05) is 60.1 Å². The van der Waals surface area contributed by atoms with Crippen molar-refractivity contribution in [3.05, 3.63) is 77.4 Å². The van der Waals surface area contributed by atoms with Gasteiger partial charge >= 0.3 is 0 Å². The van der Waals surface area contributed by atoms with Crippen LogP contribution in [0.3, 0.4) is 0 Å². The highest BCUT2D eigenvalue weighted by atomic mass is 32.1. The summed E-state index contributed by atoms with van der Waals surface area (Å²) in [7, 11) is 1.65. The topological polar surface area (TPSA) is 56.1 Å². The van der Waals surface area contributed by atoms with Gasteiger partial charge in [0, 0.05) is 21.7 Å². The maximum atomic E-state index is 12.6. The van der Waals surface area contributed by atoms with E-state index in [0.717, 1.165) is 21.4 Å². The number of nitrogens with one attached hydrogen (secondary N) is 1. The summed E-state index contributed by atoms with van der Waals surface area (Å²) in [5.41, 5.74) is 2.44. The van der Waals surface area contributed by atoms with E-state index in [4.69, 9.17) is 4.74 Å². The smallest absolute Gasteiger partial charge is 0.257 e. The van der Waals surface area contributed by atoms with Crippen LogP contribution in [0.25, 0.3) is 10.1 Å². The Kier molecular flexibility index (Phi) is 4.41. The van der Waals surface area contributed by atoms with Crippen LogP contribution < -0.4 is 10.1 Å². The molecular weight excluding hydrogens is 346 g/mol. The molecule has 4 aromatic rings. The second kappa shape index (κ2) is 7.01. The van der Waals surface area contributed by atoms with Gasteiger partial charge in [0.15, 0.2) is 0 Å². The molecule has 1 amide bonds. The highest BCUT2D eigenvalue weighted by Gasteiger charge is 2.13. The third-order valence-corrected chi connectivity index (χ3v) is 5.06. The standard InChI is InChI=1S/C20H17N3O2S/c1-25-16-6-4-5-14(9-16)11-23-12-15(10-21-23)22-20(24)18-13-26-19-8-3-2-7-17(18)19/h2-10,12-13H,11H2,1H3,(H,22,24). The third-order valence-electron chi connectivity index (χ3n) is 4.10. The van der Waals surface area contributed by atoms with Gasteiger partial charge in [-0.2, -0.15) is 5.10 Å². The fraction of sp³-hybridized carbons (Fsp3) is 0.100. The largest absolute Gasteiger partial charge is 0.497 e. The van der Waals surface area contributed by atoms with Gasteiger partial charge in [-0.1, -0.05) is 30.3 Å². The van der Waals surface area contributed by atoms with Crippen LogP contribution in [0.4, 0.5) is 5.69 Å². The number of benzene rings is 2. The summed E-state index contributed by atoms with van der Waals surface area (Å²) in [6, 6.07) is 15.7. The minimum absolute atomic E-state index is 0.122. The fourth-order valence-corrected chi connectivity index (χ4v) is 3.77. The molecule has 0 aliphatic rings. The first-order chi connectivity index (χ1) is 12.7. The van der Waals surface area contributed by atoms with Crippen molar-refractivity contribution < 1.29 is 9.53 Å². The Bertz CT molecular complexity index is 1070. The summed E-state index contributed by atoms with van der Waals surface area (Å²) >= 11 is 1.57. The van der Waals surface area contributed by atoms with Crippen molar-refractivity contribution >= 4 is 33.0 Å². The Hall–Kier alpha value is -3.12. The van der Waals surface area contributed by atoms with Gasteiger partial charge in [0.2, 0.25) is 0 Å². The van der Waals surface area contributed by atoms with Crippen molar-refractivity contribution in [1.82, 2.24) is 9.78 Å². The number of fused-ring (bicyclic) bond motifs is 1. The minimum Gasteiger partial charge on any atom is -0.497 e. The molecule has 0 spiro atoms. The first kappa shape index (κ1) is 16.4. The molecule has 130 valence electrons. The van der Waals surface area contributed by atoms with E-state index in [1.165, 1.54) is 0 Å². The van der Waals surface area contributed by atoms with Crippen LogP contribution in [0, 0.1) is 0 Å². The van der Waals surface area contributed by atoms with E-state index in [-0.39, 0.29) is 5.91 Å². The van der Waals surface area contributed by atoms with Crippen molar-refractivity contribution in [1.29, 1.82) is 0 Å². The van der Waals surface area contributed by atoms with Crippen LogP contribution >= 0.6 is 11.3 Å². The second-order valence-corrected chi connectivity index (χ2v) is 6.79. The van der Waals surface area contributed by atoms with E-state index < -0.39 is 0 Å². The van der Waals surface area contributed by atoms with Gasteiger partial charge < -0.3 is 10.1 Å². The normalized spacial score (nSPS) is 10.8. The van der Waals surface area contributed by atoms with E-state index in [2.05, 4.69) is 10.4 Å². The molecular formula is C20H17N3O2S. The Morgan fingerprint density at radius 3 is 3.00 bits per heavy atom. The van der Waals surface area contributed by atoms with E-state index in [0.29, 0.717) is 17.8 Å². The molecule has 1 N–H and O–H groups in total. The van der Waals surface area contributed by atoms with Crippen molar-refractivity contribution in [2.45, 2.75) is 6.54 Å². The third kappa shape index (κ3) is 3.32. The second-order valence-electron chi connectivity index (χ2n) is 5.88. The molecule has 6 heteroatoms. The predicted octanol–water partition coefficient (Wildman–Crippen LogP) is 4.41. The van der Waals surface area contributed by atoms with Gasteiger partial charge in [-0.15, -0.1) is 11.3 Å². The first-order valence-corrected chi connectivity index (χ1v) is 9.04. The molecule has 0 saturated carbocycles. The number of ether oxygens (including phenoxy) is 1. The number of carbonyl (C=O) groups is 1. The number of rotatable bonds is 5. The average molecular weight is 363 g/mol. The van der Waals surface area contributed by atoms with E-state index in [9.17, 15) is 4.79 Å². The SMILES string of the molecule is COc1cccc(Cn2cc(NC(=O)c3csc4ccccc34)cn2)c1. The number of anilines is 1. The Balaban J connectivity index is 1.48. The highest BCUT2D eigenvalue weighted by Crippen LogP contribution is 2.26. The molecule has 2 heterocycles. The summed E-state index contributed by atoms with van der Waals surface area (Å²) in [4.78, 5) is 12.6. The van der Waals surface area contributed by atoms with Crippen LogP contribution in [-0.2, 0) is 6.54 Å². The lowest BCUT2D eigenvalue weighted by Crippen LogP contribution is -2.10. The number of hydrogen-bond acceptors (Lipinski definition) is 4. The molecule has 0 bridgehead atoms. The Labute approximate surface area is 154 Å².